The molecule has 0 amide bonds. The van der Waals surface area contributed by atoms with Crippen LogP contribution < -0.4 is 0 Å². The second kappa shape index (κ2) is 4.19. The van der Waals surface area contributed by atoms with Gasteiger partial charge in [0.2, 0.25) is 0 Å². The fraction of sp³-hybridized carbons (Fsp3) is 0.100. The normalized spacial score (nSPS) is 11.8. The predicted molar refractivity (Wildman–Crippen MR) is 53.6 cm³/mol. The quantitative estimate of drug-likeness (QED) is 0.561. The van der Waals surface area contributed by atoms with Gasteiger partial charge in [-0.15, -0.1) is 0 Å². The number of hydrogen-bond donors (Lipinski definition) is 0. The summed E-state index contributed by atoms with van der Waals surface area (Å²) in [6, 6.07) is 6.45. The van der Waals surface area contributed by atoms with Crippen molar-refractivity contribution in [2.24, 2.45) is 0 Å². The number of aryl methyl sites for hydroxylation is 1. The van der Waals surface area contributed by atoms with E-state index in [4.69, 9.17) is 0 Å². The highest BCUT2D eigenvalue weighted by Crippen LogP contribution is 2.12. The van der Waals surface area contributed by atoms with Crippen LogP contribution in [-0.4, -0.2) is 14.7 Å². The minimum Gasteiger partial charge on any atom is -0.299 e. The Bertz CT molecular complexity index is 441. The topological polar surface area (TPSA) is 51.2 Å². The van der Waals surface area contributed by atoms with E-state index < -0.39 is 9.84 Å². The molecule has 0 bridgehead atoms. The average Bonchev–Trinajstić information content (AvgIpc) is 2.16. The lowest BCUT2D eigenvalue weighted by atomic mass is 10.2. The number of aldehydes is 1. The zero-order valence-corrected chi connectivity index (χ0v) is 8.49. The molecule has 1 aromatic rings. The van der Waals surface area contributed by atoms with Gasteiger partial charge in [-0.3, -0.25) is 4.79 Å². The summed E-state index contributed by atoms with van der Waals surface area (Å²) in [6.45, 7) is 1.87. The molecule has 0 unspecified atom stereocenters. The fourth-order valence-electron chi connectivity index (χ4n) is 0.942. The maximum atomic E-state index is 11.5. The smallest absolute Gasteiger partial charge is 0.199 e. The Hall–Kier alpha value is -1.42. The average molecular weight is 210 g/mol. The van der Waals surface area contributed by atoms with E-state index in [1.165, 1.54) is 12.1 Å². The molecule has 74 valence electrons. The van der Waals surface area contributed by atoms with Crippen molar-refractivity contribution < 1.29 is 13.2 Å². The molecule has 4 heteroatoms. The van der Waals surface area contributed by atoms with Gasteiger partial charge in [0.05, 0.1) is 4.90 Å². The predicted octanol–water partition coefficient (Wildman–Crippen LogP) is 1.48. The summed E-state index contributed by atoms with van der Waals surface area (Å²) >= 11 is 0. The van der Waals surface area contributed by atoms with E-state index in [1.807, 2.05) is 6.92 Å². The molecule has 0 saturated carbocycles. The van der Waals surface area contributed by atoms with Gasteiger partial charge < -0.3 is 0 Å². The molecule has 0 aromatic heterocycles. The van der Waals surface area contributed by atoms with E-state index in [2.05, 4.69) is 0 Å². The minimum absolute atomic E-state index is 0.196. The Balaban J connectivity index is 3.11. The van der Waals surface area contributed by atoms with Gasteiger partial charge in [0.25, 0.3) is 0 Å². The van der Waals surface area contributed by atoms with Crippen LogP contribution in [0.3, 0.4) is 0 Å². The van der Waals surface area contributed by atoms with Crippen molar-refractivity contribution >= 4 is 16.1 Å². The molecule has 0 aliphatic carbocycles. The number of sulfone groups is 1. The first-order valence-electron chi connectivity index (χ1n) is 4.00. The summed E-state index contributed by atoms with van der Waals surface area (Å²) in [4.78, 5) is 10.2. The van der Waals surface area contributed by atoms with Crippen LogP contribution in [0.25, 0.3) is 0 Å². The first-order valence-corrected chi connectivity index (χ1v) is 5.54. The van der Waals surface area contributed by atoms with Gasteiger partial charge in [-0.2, -0.15) is 0 Å². The van der Waals surface area contributed by atoms with Gasteiger partial charge in [0.15, 0.2) is 9.84 Å². The standard InChI is InChI=1S/C10H10O3S/c1-9-3-5-10(6-4-9)14(12,13)8-2-7-11/h2-8H,1H3/b8-2+. The van der Waals surface area contributed by atoms with Crippen LogP contribution in [0.15, 0.2) is 40.6 Å². The molecule has 1 aromatic carbocycles. The summed E-state index contributed by atoms with van der Waals surface area (Å²) in [6.07, 6.45) is 1.40. The molecule has 0 saturated heterocycles. The largest absolute Gasteiger partial charge is 0.299 e. The summed E-state index contributed by atoms with van der Waals surface area (Å²) < 4.78 is 22.9. The SMILES string of the molecule is Cc1ccc(S(=O)(=O)/C=C/C=O)cc1. The third-order valence-corrected chi connectivity index (χ3v) is 3.13. The fourth-order valence-corrected chi connectivity index (χ4v) is 1.89. The Morgan fingerprint density at radius 3 is 2.21 bits per heavy atom. The van der Waals surface area contributed by atoms with E-state index in [0.717, 1.165) is 17.0 Å². The van der Waals surface area contributed by atoms with Crippen molar-refractivity contribution in [1.82, 2.24) is 0 Å². The lowest BCUT2D eigenvalue weighted by molar-refractivity contribution is -0.104. The molecular formula is C10H10O3S. The van der Waals surface area contributed by atoms with E-state index >= 15 is 0 Å². The molecule has 3 nitrogen and oxygen atoms in total. The van der Waals surface area contributed by atoms with Crippen molar-refractivity contribution in [3.8, 4) is 0 Å². The third kappa shape index (κ3) is 2.53. The summed E-state index contributed by atoms with van der Waals surface area (Å²) in [5.41, 5.74) is 0.989. The molecule has 0 atom stereocenters. The molecule has 0 aliphatic rings. The number of benzene rings is 1. The van der Waals surface area contributed by atoms with Gasteiger partial charge in [-0.25, -0.2) is 8.42 Å². The van der Waals surface area contributed by atoms with Crippen molar-refractivity contribution in [3.63, 3.8) is 0 Å². The van der Waals surface area contributed by atoms with E-state index in [1.54, 1.807) is 12.1 Å². The Morgan fingerprint density at radius 1 is 1.14 bits per heavy atom. The maximum Gasteiger partial charge on any atom is 0.199 e. The highest BCUT2D eigenvalue weighted by molar-refractivity contribution is 7.94. The molecule has 0 N–H and O–H groups in total. The number of carbonyl (C=O) groups excluding carboxylic acids is 1. The van der Waals surface area contributed by atoms with Crippen LogP contribution in [0.1, 0.15) is 5.56 Å². The van der Waals surface area contributed by atoms with Crippen LogP contribution in [0.2, 0.25) is 0 Å². The first-order chi connectivity index (χ1) is 6.56. The molecule has 0 fully saturated rings. The van der Waals surface area contributed by atoms with Crippen LogP contribution >= 0.6 is 0 Å². The van der Waals surface area contributed by atoms with Crippen molar-refractivity contribution in [2.75, 3.05) is 0 Å². The highest BCUT2D eigenvalue weighted by atomic mass is 32.2. The first kappa shape index (κ1) is 10.7. The van der Waals surface area contributed by atoms with Gasteiger partial charge in [0, 0.05) is 5.41 Å². The highest BCUT2D eigenvalue weighted by Gasteiger charge is 2.08. The molecule has 0 heterocycles. The number of allylic oxidation sites excluding steroid dienone is 1. The Labute approximate surface area is 83.0 Å². The van der Waals surface area contributed by atoms with Crippen molar-refractivity contribution in [1.29, 1.82) is 0 Å². The van der Waals surface area contributed by atoms with Crippen LogP contribution in [-0.2, 0) is 14.6 Å². The van der Waals surface area contributed by atoms with Crippen LogP contribution in [0.4, 0.5) is 0 Å². The lowest BCUT2D eigenvalue weighted by Crippen LogP contribution is -1.95. The van der Waals surface area contributed by atoms with Crippen molar-refractivity contribution in [3.05, 3.63) is 41.3 Å². The van der Waals surface area contributed by atoms with Crippen LogP contribution in [0.5, 0.6) is 0 Å². The second-order valence-corrected chi connectivity index (χ2v) is 4.66. The maximum absolute atomic E-state index is 11.5. The molecular weight excluding hydrogens is 200 g/mol. The van der Waals surface area contributed by atoms with E-state index in [0.29, 0.717) is 6.29 Å². The summed E-state index contributed by atoms with van der Waals surface area (Å²) in [7, 11) is -3.45. The Morgan fingerprint density at radius 2 is 1.71 bits per heavy atom. The minimum atomic E-state index is -3.45. The molecule has 0 spiro atoms. The van der Waals surface area contributed by atoms with Crippen LogP contribution in [0, 0.1) is 6.92 Å². The van der Waals surface area contributed by atoms with Crippen molar-refractivity contribution in [2.45, 2.75) is 11.8 Å². The zero-order valence-electron chi connectivity index (χ0n) is 7.67. The zero-order chi connectivity index (χ0) is 10.6. The van der Waals surface area contributed by atoms with Gasteiger partial charge in [-0.05, 0) is 25.1 Å². The van der Waals surface area contributed by atoms with E-state index in [9.17, 15) is 13.2 Å². The van der Waals surface area contributed by atoms with Gasteiger partial charge in [0.1, 0.15) is 6.29 Å². The number of carbonyl (C=O) groups is 1. The number of hydrogen-bond acceptors (Lipinski definition) is 3. The number of rotatable bonds is 3. The Kier molecular flexibility index (Phi) is 3.19. The summed E-state index contributed by atoms with van der Waals surface area (Å²) in [5, 5.41) is 0.894. The second-order valence-electron chi connectivity index (χ2n) is 2.82. The van der Waals surface area contributed by atoms with Gasteiger partial charge in [-0.1, -0.05) is 17.7 Å². The lowest BCUT2D eigenvalue weighted by Gasteiger charge is -1.98. The molecule has 0 radical (unpaired) electrons. The van der Waals surface area contributed by atoms with Gasteiger partial charge >= 0.3 is 0 Å². The monoisotopic (exact) mass is 210 g/mol. The molecule has 14 heavy (non-hydrogen) atoms. The molecule has 0 aliphatic heterocycles. The summed E-state index contributed by atoms with van der Waals surface area (Å²) in [5.74, 6) is 0. The third-order valence-electron chi connectivity index (χ3n) is 1.69. The van der Waals surface area contributed by atoms with E-state index in [-0.39, 0.29) is 4.90 Å². The molecule has 1 rings (SSSR count).